The minimum atomic E-state index is -0.293. The van der Waals surface area contributed by atoms with Gasteiger partial charge < -0.3 is 14.2 Å². The summed E-state index contributed by atoms with van der Waals surface area (Å²) in [7, 11) is 4.33. The number of methoxy groups -OCH3 is 2. The number of hydrogen-bond donors (Lipinski definition) is 0. The van der Waals surface area contributed by atoms with Gasteiger partial charge in [0.15, 0.2) is 0 Å². The van der Waals surface area contributed by atoms with E-state index < -0.39 is 0 Å². The third-order valence-electron chi connectivity index (χ3n) is 2.63. The highest BCUT2D eigenvalue weighted by atomic mass is 28.1. The van der Waals surface area contributed by atoms with E-state index in [1.807, 2.05) is 6.92 Å². The highest BCUT2D eigenvalue weighted by Gasteiger charge is 2.20. The molecule has 4 heteroatoms. The molecule has 0 radical (unpaired) electrons. The van der Waals surface area contributed by atoms with Crippen LogP contribution >= 0.6 is 0 Å². The molecule has 0 N–H and O–H groups in total. The van der Waals surface area contributed by atoms with Gasteiger partial charge >= 0.3 is 0 Å². The van der Waals surface area contributed by atoms with Crippen LogP contribution in [0, 0.1) is 0 Å². The van der Waals surface area contributed by atoms with Gasteiger partial charge in [0.25, 0.3) is 0 Å². The molecule has 16 heavy (non-hydrogen) atoms. The zero-order valence-corrected chi connectivity index (χ0v) is 13.2. The predicted molar refractivity (Wildman–Crippen MR) is 70.8 cm³/mol. The van der Waals surface area contributed by atoms with Crippen molar-refractivity contribution >= 4 is 10.2 Å². The summed E-state index contributed by atoms with van der Waals surface area (Å²) in [6.07, 6.45) is 4.36. The van der Waals surface area contributed by atoms with Gasteiger partial charge in [-0.05, 0) is 26.2 Å². The Bertz CT molecular complexity index is 191. The second kappa shape index (κ2) is 8.93. The van der Waals surface area contributed by atoms with Crippen LogP contribution in [0.3, 0.4) is 0 Å². The Hall–Kier alpha value is -0.163. The molecule has 0 aromatic heterocycles. The molecule has 0 saturated carbocycles. The lowest BCUT2D eigenvalue weighted by atomic mass is 10.2. The summed E-state index contributed by atoms with van der Waals surface area (Å²) in [5, 5.41) is 0. The molecule has 0 unspecified atom stereocenters. The average molecular weight is 246 g/mol. The summed E-state index contributed by atoms with van der Waals surface area (Å²) in [5.74, 6) is 0. The van der Waals surface area contributed by atoms with Gasteiger partial charge in [0.1, 0.15) is 5.41 Å². The third-order valence-corrected chi connectivity index (χ3v) is 3.95. The van der Waals surface area contributed by atoms with E-state index in [9.17, 15) is 0 Å². The summed E-state index contributed by atoms with van der Waals surface area (Å²) in [6, 6.07) is 0. The van der Waals surface area contributed by atoms with Crippen LogP contribution in [0.4, 0.5) is 0 Å². The van der Waals surface area contributed by atoms with Gasteiger partial charge in [0.05, 0.1) is 16.8 Å². The smallest absolute Gasteiger partial charge is 0.140 e. The quantitative estimate of drug-likeness (QED) is 0.253. The fourth-order valence-corrected chi connectivity index (χ4v) is 1.71. The van der Waals surface area contributed by atoms with Gasteiger partial charge in [0, 0.05) is 20.8 Å². The third kappa shape index (κ3) is 8.04. The van der Waals surface area contributed by atoms with E-state index >= 15 is 0 Å². The molecule has 0 aromatic carbocycles. The molecule has 0 rings (SSSR count). The molecule has 0 bridgehead atoms. The van der Waals surface area contributed by atoms with E-state index in [1.54, 1.807) is 14.2 Å². The van der Waals surface area contributed by atoms with Crippen molar-refractivity contribution in [2.75, 3.05) is 27.4 Å². The molecule has 0 heterocycles. The van der Waals surface area contributed by atoms with E-state index in [4.69, 9.17) is 14.2 Å². The summed E-state index contributed by atoms with van der Waals surface area (Å²) < 4.78 is 16.1. The van der Waals surface area contributed by atoms with Gasteiger partial charge in [-0.3, -0.25) is 0 Å². The molecule has 0 amide bonds. The molecule has 3 nitrogen and oxygen atoms in total. The van der Waals surface area contributed by atoms with Crippen LogP contribution in [-0.4, -0.2) is 43.1 Å². The van der Waals surface area contributed by atoms with E-state index in [0.29, 0.717) is 6.61 Å². The van der Waals surface area contributed by atoms with Crippen molar-refractivity contribution in [3.05, 3.63) is 12.2 Å². The number of rotatable bonds is 10. The molecule has 0 saturated heterocycles. The minimum absolute atomic E-state index is 0.293. The Labute approximate surface area is 103 Å². The topological polar surface area (TPSA) is 27.7 Å². The number of hydrogen-bond acceptors (Lipinski definition) is 3. The summed E-state index contributed by atoms with van der Waals surface area (Å²) in [5.41, 5.74) is 0.788. The van der Waals surface area contributed by atoms with Crippen LogP contribution in [0.25, 0.3) is 0 Å². The number of ether oxygens (including phenoxy) is 3. The average Bonchev–Trinajstić information content (AvgIpc) is 2.27. The van der Waals surface area contributed by atoms with Crippen LogP contribution in [-0.2, 0) is 14.2 Å². The van der Waals surface area contributed by atoms with Crippen LogP contribution in [0.5, 0.6) is 0 Å². The second-order valence-electron chi connectivity index (χ2n) is 4.36. The maximum atomic E-state index is 5.43. The molecule has 96 valence electrons. The lowest BCUT2D eigenvalue weighted by molar-refractivity contribution is -0.146. The summed E-state index contributed by atoms with van der Waals surface area (Å²) in [4.78, 5) is 0. The van der Waals surface area contributed by atoms with Gasteiger partial charge in [-0.2, -0.15) is 0 Å². The first-order valence-electron chi connectivity index (χ1n) is 5.86. The monoisotopic (exact) mass is 246 g/mol. The van der Waals surface area contributed by atoms with Crippen molar-refractivity contribution in [2.24, 2.45) is 0 Å². The first-order valence-corrected chi connectivity index (χ1v) is 6.86. The van der Waals surface area contributed by atoms with Crippen LogP contribution in [0.1, 0.15) is 32.6 Å². The Morgan fingerprint density at radius 2 is 1.81 bits per heavy atom. The predicted octanol–water partition coefficient (Wildman–Crippen LogP) is 1.45. The summed E-state index contributed by atoms with van der Waals surface area (Å²) >= 11 is 0. The summed E-state index contributed by atoms with van der Waals surface area (Å²) in [6.45, 7) is 7.27. The molecule has 0 aromatic rings. The maximum absolute atomic E-state index is 5.43. The van der Waals surface area contributed by atoms with Gasteiger partial charge in [-0.1, -0.05) is 18.6 Å². The molecule has 0 spiro atoms. The zero-order valence-electron chi connectivity index (χ0n) is 11.2. The van der Waals surface area contributed by atoms with Gasteiger partial charge in [-0.15, -0.1) is 0 Å². The lowest BCUT2D eigenvalue weighted by Gasteiger charge is -2.26. The van der Waals surface area contributed by atoms with Gasteiger partial charge in [0.2, 0.25) is 0 Å². The molecule has 0 atom stereocenters. The Morgan fingerprint density at radius 1 is 1.19 bits per heavy atom. The van der Waals surface area contributed by atoms with E-state index in [0.717, 1.165) is 48.1 Å². The molecule has 0 aliphatic rings. The highest BCUT2D eigenvalue weighted by Crippen LogP contribution is 2.15. The zero-order chi connectivity index (χ0) is 12.4. The van der Waals surface area contributed by atoms with E-state index in [2.05, 4.69) is 6.58 Å². The molecule has 0 fully saturated rings. The van der Waals surface area contributed by atoms with Crippen molar-refractivity contribution in [3.63, 3.8) is 0 Å². The number of unbranched alkanes of at least 4 members (excludes halogenated alkanes) is 2. The standard InChI is InChI=1S/C12H26O3Si/c1-11(2)10-15-9-7-5-6-8-12(16,13-3)14-4/h1,5-10H2,2-4,16H3. The normalized spacial score (nSPS) is 11.9. The maximum Gasteiger partial charge on any atom is 0.140 e. The molecular formula is C12H26O3Si. The van der Waals surface area contributed by atoms with Gasteiger partial charge in [-0.25, -0.2) is 0 Å². The largest absolute Gasteiger partial charge is 0.377 e. The lowest BCUT2D eigenvalue weighted by Crippen LogP contribution is -2.33. The van der Waals surface area contributed by atoms with Crippen LogP contribution in [0.2, 0.25) is 0 Å². The van der Waals surface area contributed by atoms with Crippen LogP contribution in [0.15, 0.2) is 12.2 Å². The SMILES string of the molecule is C=C(C)COCCCCCC([SiH3])(OC)OC. The second-order valence-corrected chi connectivity index (χ2v) is 5.89. The van der Waals surface area contributed by atoms with Crippen molar-refractivity contribution in [1.82, 2.24) is 0 Å². The van der Waals surface area contributed by atoms with E-state index in [1.165, 1.54) is 0 Å². The van der Waals surface area contributed by atoms with Crippen molar-refractivity contribution in [3.8, 4) is 0 Å². The molecule has 0 aliphatic carbocycles. The fourth-order valence-electron chi connectivity index (χ4n) is 1.36. The first kappa shape index (κ1) is 15.8. The molecular weight excluding hydrogens is 220 g/mol. The highest BCUT2D eigenvalue weighted by molar-refractivity contribution is 6.13. The van der Waals surface area contributed by atoms with Crippen LogP contribution < -0.4 is 0 Å². The van der Waals surface area contributed by atoms with Crippen molar-refractivity contribution in [1.29, 1.82) is 0 Å². The van der Waals surface area contributed by atoms with Crippen molar-refractivity contribution < 1.29 is 14.2 Å². The first-order chi connectivity index (χ1) is 7.54. The molecule has 0 aliphatic heterocycles. The Morgan fingerprint density at radius 3 is 2.31 bits per heavy atom. The van der Waals surface area contributed by atoms with Crippen molar-refractivity contribution in [2.45, 2.75) is 38.0 Å². The fraction of sp³-hybridized carbons (Fsp3) is 0.833. The van der Waals surface area contributed by atoms with E-state index in [-0.39, 0.29) is 5.41 Å². The Balaban J connectivity index is 3.36. The Kier molecular flexibility index (Phi) is 8.84. The minimum Gasteiger partial charge on any atom is -0.377 e.